The molecular weight excluding hydrogens is 286 g/mol. The standard InChI is InChI=1S/C15H17N3O4/c1-15(14(20)21)5-3-6-18(9-15)13(19)11-8-10(16-17-11)12-4-2-7-22-12/h2,4,7-8H,3,5-6,9H2,1H3,(H,16,17)(H,20,21). The minimum absolute atomic E-state index is 0.199. The third-order valence-electron chi connectivity index (χ3n) is 4.08. The largest absolute Gasteiger partial charge is 0.481 e. The number of nitrogens with one attached hydrogen (secondary N) is 1. The van der Waals surface area contributed by atoms with Crippen LogP contribution in [0.25, 0.3) is 11.5 Å². The van der Waals surface area contributed by atoms with Gasteiger partial charge in [0.1, 0.15) is 5.69 Å². The fraction of sp³-hybridized carbons (Fsp3) is 0.400. The number of carbonyl (C=O) groups is 2. The lowest BCUT2D eigenvalue weighted by atomic mass is 9.82. The van der Waals surface area contributed by atoms with E-state index in [1.54, 1.807) is 36.3 Å². The fourth-order valence-corrected chi connectivity index (χ4v) is 2.74. The molecule has 1 fully saturated rings. The van der Waals surface area contributed by atoms with Crippen LogP contribution in [-0.2, 0) is 4.79 Å². The highest BCUT2D eigenvalue weighted by molar-refractivity contribution is 5.93. The van der Waals surface area contributed by atoms with E-state index >= 15 is 0 Å². The minimum Gasteiger partial charge on any atom is -0.481 e. The predicted molar refractivity (Wildman–Crippen MR) is 77.2 cm³/mol. The maximum atomic E-state index is 12.5. The maximum absolute atomic E-state index is 12.5. The van der Waals surface area contributed by atoms with E-state index in [1.807, 2.05) is 0 Å². The molecule has 0 aromatic carbocycles. The van der Waals surface area contributed by atoms with E-state index in [9.17, 15) is 14.7 Å². The van der Waals surface area contributed by atoms with Crippen molar-refractivity contribution in [2.24, 2.45) is 5.41 Å². The number of carboxylic acid groups (broad SMARTS) is 1. The summed E-state index contributed by atoms with van der Waals surface area (Å²) in [6.07, 6.45) is 2.79. The maximum Gasteiger partial charge on any atom is 0.311 e. The Morgan fingerprint density at radius 2 is 2.32 bits per heavy atom. The third kappa shape index (κ3) is 2.49. The molecule has 1 saturated heterocycles. The van der Waals surface area contributed by atoms with E-state index < -0.39 is 11.4 Å². The Labute approximate surface area is 126 Å². The van der Waals surface area contributed by atoms with E-state index in [2.05, 4.69) is 10.2 Å². The number of piperidine rings is 1. The van der Waals surface area contributed by atoms with Crippen LogP contribution in [-0.4, -0.2) is 45.2 Å². The van der Waals surface area contributed by atoms with Gasteiger partial charge in [-0.05, 0) is 31.9 Å². The predicted octanol–water partition coefficient (Wildman–Crippen LogP) is 2.00. The van der Waals surface area contributed by atoms with Gasteiger partial charge in [0, 0.05) is 19.2 Å². The zero-order valence-electron chi connectivity index (χ0n) is 12.2. The van der Waals surface area contributed by atoms with Gasteiger partial charge in [-0.15, -0.1) is 0 Å². The summed E-state index contributed by atoms with van der Waals surface area (Å²) in [5.74, 6) is -0.537. The van der Waals surface area contributed by atoms with E-state index in [-0.39, 0.29) is 18.1 Å². The first-order chi connectivity index (χ1) is 10.5. The van der Waals surface area contributed by atoms with Crippen LogP contribution >= 0.6 is 0 Å². The lowest BCUT2D eigenvalue weighted by Gasteiger charge is -2.37. The van der Waals surface area contributed by atoms with E-state index in [0.717, 1.165) is 0 Å². The highest BCUT2D eigenvalue weighted by atomic mass is 16.4. The summed E-state index contributed by atoms with van der Waals surface area (Å²) in [5.41, 5.74) is -0.0129. The molecule has 1 aliphatic rings. The van der Waals surface area contributed by atoms with Crippen LogP contribution in [0.15, 0.2) is 28.9 Å². The molecule has 22 heavy (non-hydrogen) atoms. The summed E-state index contributed by atoms with van der Waals surface area (Å²) in [5, 5.41) is 16.1. The first-order valence-corrected chi connectivity index (χ1v) is 7.11. The Morgan fingerprint density at radius 1 is 1.50 bits per heavy atom. The van der Waals surface area contributed by atoms with Gasteiger partial charge in [0.05, 0.1) is 11.7 Å². The smallest absolute Gasteiger partial charge is 0.311 e. The third-order valence-corrected chi connectivity index (χ3v) is 4.08. The van der Waals surface area contributed by atoms with Gasteiger partial charge >= 0.3 is 5.97 Å². The van der Waals surface area contributed by atoms with Crippen LogP contribution in [0.2, 0.25) is 0 Å². The van der Waals surface area contributed by atoms with Crippen LogP contribution < -0.4 is 0 Å². The van der Waals surface area contributed by atoms with Crippen LogP contribution in [0, 0.1) is 5.41 Å². The number of nitrogens with zero attached hydrogens (tertiary/aromatic N) is 2. The summed E-state index contributed by atoms with van der Waals surface area (Å²) in [6.45, 7) is 2.42. The van der Waals surface area contributed by atoms with E-state index in [1.165, 1.54) is 0 Å². The summed E-state index contributed by atoms with van der Waals surface area (Å²) in [7, 11) is 0. The van der Waals surface area contributed by atoms with Crippen molar-refractivity contribution in [1.29, 1.82) is 0 Å². The van der Waals surface area contributed by atoms with Crippen LogP contribution in [0.5, 0.6) is 0 Å². The van der Waals surface area contributed by atoms with Crippen molar-refractivity contribution < 1.29 is 19.1 Å². The van der Waals surface area contributed by atoms with Gasteiger partial charge < -0.3 is 14.4 Å². The molecule has 1 aliphatic heterocycles. The van der Waals surface area contributed by atoms with Crippen molar-refractivity contribution >= 4 is 11.9 Å². The lowest BCUT2D eigenvalue weighted by Crippen LogP contribution is -2.48. The number of amides is 1. The molecule has 0 radical (unpaired) electrons. The quantitative estimate of drug-likeness (QED) is 0.903. The van der Waals surface area contributed by atoms with Crippen molar-refractivity contribution in [3.63, 3.8) is 0 Å². The molecule has 3 heterocycles. The average molecular weight is 303 g/mol. The fourth-order valence-electron chi connectivity index (χ4n) is 2.74. The van der Waals surface area contributed by atoms with Gasteiger partial charge in [0.25, 0.3) is 5.91 Å². The Balaban J connectivity index is 1.78. The lowest BCUT2D eigenvalue weighted by molar-refractivity contribution is -0.150. The second-order valence-corrected chi connectivity index (χ2v) is 5.84. The monoisotopic (exact) mass is 303 g/mol. The number of carboxylic acids is 1. The Kier molecular flexibility index (Phi) is 3.48. The van der Waals surface area contributed by atoms with Gasteiger partial charge in [-0.2, -0.15) is 5.10 Å². The molecule has 2 N–H and O–H groups in total. The van der Waals surface area contributed by atoms with Gasteiger partial charge in [0.15, 0.2) is 11.5 Å². The molecule has 0 bridgehead atoms. The molecule has 1 amide bonds. The second-order valence-electron chi connectivity index (χ2n) is 5.84. The molecule has 1 unspecified atom stereocenters. The molecule has 7 nitrogen and oxygen atoms in total. The number of likely N-dealkylation sites (tertiary alicyclic amines) is 1. The summed E-state index contributed by atoms with van der Waals surface area (Å²) < 4.78 is 5.25. The number of aliphatic carboxylic acids is 1. The molecular formula is C15H17N3O4. The van der Waals surface area contributed by atoms with E-state index in [0.29, 0.717) is 30.8 Å². The average Bonchev–Trinajstić information content (AvgIpc) is 3.17. The topological polar surface area (TPSA) is 99.4 Å². The SMILES string of the molecule is CC1(C(=O)O)CCCN(C(=O)c2cc(-c3ccco3)[nH]n2)C1. The summed E-state index contributed by atoms with van der Waals surface area (Å²) in [6, 6.07) is 5.14. The first kappa shape index (κ1) is 14.4. The number of hydrogen-bond acceptors (Lipinski definition) is 4. The molecule has 116 valence electrons. The zero-order valence-corrected chi connectivity index (χ0v) is 12.2. The van der Waals surface area contributed by atoms with Crippen LogP contribution in [0.1, 0.15) is 30.3 Å². The number of aromatic nitrogens is 2. The molecule has 0 saturated carbocycles. The minimum atomic E-state index is -0.895. The number of carbonyl (C=O) groups excluding carboxylic acids is 1. The van der Waals surface area contributed by atoms with Crippen LogP contribution in [0.3, 0.4) is 0 Å². The zero-order chi connectivity index (χ0) is 15.7. The molecule has 2 aromatic rings. The molecule has 2 aromatic heterocycles. The van der Waals surface area contributed by atoms with Gasteiger partial charge in [-0.1, -0.05) is 0 Å². The first-order valence-electron chi connectivity index (χ1n) is 7.11. The van der Waals surface area contributed by atoms with Crippen molar-refractivity contribution in [3.05, 3.63) is 30.2 Å². The Morgan fingerprint density at radius 3 is 3.00 bits per heavy atom. The van der Waals surface area contributed by atoms with Crippen molar-refractivity contribution in [2.45, 2.75) is 19.8 Å². The van der Waals surface area contributed by atoms with Gasteiger partial charge in [0.2, 0.25) is 0 Å². The van der Waals surface area contributed by atoms with E-state index in [4.69, 9.17) is 4.42 Å². The molecule has 1 atom stereocenters. The number of hydrogen-bond donors (Lipinski definition) is 2. The number of aromatic amines is 1. The van der Waals surface area contributed by atoms with Gasteiger partial charge in [-0.25, -0.2) is 0 Å². The summed E-state index contributed by atoms with van der Waals surface area (Å²) >= 11 is 0. The van der Waals surface area contributed by atoms with Crippen molar-refractivity contribution in [2.75, 3.05) is 13.1 Å². The molecule has 0 aliphatic carbocycles. The highest BCUT2D eigenvalue weighted by Gasteiger charge is 2.39. The molecule has 0 spiro atoms. The molecule has 3 rings (SSSR count). The number of furan rings is 1. The second kappa shape index (κ2) is 5.32. The van der Waals surface area contributed by atoms with Crippen LogP contribution in [0.4, 0.5) is 0 Å². The highest BCUT2D eigenvalue weighted by Crippen LogP contribution is 2.30. The molecule has 7 heteroatoms. The summed E-state index contributed by atoms with van der Waals surface area (Å²) in [4.78, 5) is 25.4. The Hall–Kier alpha value is -2.57. The number of H-pyrrole nitrogens is 1. The normalized spacial score (nSPS) is 21.8. The Bertz CT molecular complexity index is 691. The van der Waals surface area contributed by atoms with Crippen molar-refractivity contribution in [3.8, 4) is 11.5 Å². The van der Waals surface area contributed by atoms with Gasteiger partial charge in [-0.3, -0.25) is 14.7 Å². The number of rotatable bonds is 3. The van der Waals surface area contributed by atoms with Crippen molar-refractivity contribution in [1.82, 2.24) is 15.1 Å².